The van der Waals surface area contributed by atoms with Gasteiger partial charge in [0.15, 0.2) is 0 Å². The van der Waals surface area contributed by atoms with Gasteiger partial charge in [-0.3, -0.25) is 4.79 Å². The van der Waals surface area contributed by atoms with Crippen molar-refractivity contribution in [3.05, 3.63) is 57.6 Å². The van der Waals surface area contributed by atoms with Gasteiger partial charge in [0.05, 0.1) is 30.9 Å². The molecule has 0 heterocycles. The number of nitrogens with one attached hydrogen (secondary N) is 1. The van der Waals surface area contributed by atoms with Crippen molar-refractivity contribution in [2.24, 2.45) is 0 Å². The summed E-state index contributed by atoms with van der Waals surface area (Å²) in [6.45, 7) is -1.19. The molecule has 0 aliphatic rings. The van der Waals surface area contributed by atoms with E-state index in [1.54, 1.807) is 36.4 Å². The third-order valence-electron chi connectivity index (χ3n) is 3.71. The highest BCUT2D eigenvalue weighted by atomic mass is 79.9. The topological polar surface area (TPSA) is 56.8 Å². The second-order valence-corrected chi connectivity index (χ2v) is 6.65. The predicted molar refractivity (Wildman–Crippen MR) is 101 cm³/mol. The van der Waals surface area contributed by atoms with Gasteiger partial charge in [-0.1, -0.05) is 24.3 Å². The lowest BCUT2D eigenvalue weighted by Crippen LogP contribution is -2.23. The van der Waals surface area contributed by atoms with Crippen LogP contribution in [0.2, 0.25) is 0 Å². The third kappa shape index (κ3) is 6.42. The number of alkyl halides is 3. The summed E-state index contributed by atoms with van der Waals surface area (Å²) in [7, 11) is 2.96. The van der Waals surface area contributed by atoms with E-state index in [0.29, 0.717) is 27.1 Å². The molecule has 28 heavy (non-hydrogen) atoms. The first-order chi connectivity index (χ1) is 13.2. The molecular formula is C19H19BrF3NO4. The zero-order valence-electron chi connectivity index (χ0n) is 15.2. The summed E-state index contributed by atoms with van der Waals surface area (Å²) < 4.78 is 51.9. The molecule has 9 heteroatoms. The molecule has 0 fully saturated rings. The minimum atomic E-state index is -4.35. The molecular weight excluding hydrogens is 443 g/mol. The summed E-state index contributed by atoms with van der Waals surface area (Å²) in [4.78, 5) is 12.5. The normalized spacial score (nSPS) is 11.2. The van der Waals surface area contributed by atoms with Gasteiger partial charge < -0.3 is 19.5 Å². The summed E-state index contributed by atoms with van der Waals surface area (Å²) in [5.41, 5.74) is 1.71. The van der Waals surface area contributed by atoms with Gasteiger partial charge in [-0.05, 0) is 39.2 Å². The van der Waals surface area contributed by atoms with E-state index in [-0.39, 0.29) is 19.1 Å². The lowest BCUT2D eigenvalue weighted by Gasteiger charge is -2.13. The molecule has 1 N–H and O–H groups in total. The lowest BCUT2D eigenvalue weighted by molar-refractivity contribution is -0.176. The van der Waals surface area contributed by atoms with Crippen LogP contribution in [0, 0.1) is 0 Å². The zero-order chi connectivity index (χ0) is 20.7. The first kappa shape index (κ1) is 22.0. The lowest BCUT2D eigenvalue weighted by atomic mass is 10.1. The van der Waals surface area contributed by atoms with Crippen molar-refractivity contribution in [3.8, 4) is 11.5 Å². The number of ether oxygens (including phenoxy) is 3. The fourth-order valence-electron chi connectivity index (χ4n) is 2.38. The average molecular weight is 462 g/mol. The summed E-state index contributed by atoms with van der Waals surface area (Å²) in [6.07, 6.45) is -4.35. The van der Waals surface area contributed by atoms with E-state index in [9.17, 15) is 18.0 Å². The van der Waals surface area contributed by atoms with Gasteiger partial charge in [0.2, 0.25) is 0 Å². The Kier molecular flexibility index (Phi) is 7.70. The number of halogens is 4. The quantitative estimate of drug-likeness (QED) is 0.629. The van der Waals surface area contributed by atoms with Gasteiger partial charge in [-0.2, -0.15) is 13.2 Å². The van der Waals surface area contributed by atoms with E-state index < -0.39 is 12.8 Å². The average Bonchev–Trinajstić information content (AvgIpc) is 2.65. The molecule has 0 saturated heterocycles. The third-order valence-corrected chi connectivity index (χ3v) is 4.30. The molecule has 0 bridgehead atoms. The summed E-state index contributed by atoms with van der Waals surface area (Å²) in [5, 5.41) is 2.78. The summed E-state index contributed by atoms with van der Waals surface area (Å²) >= 11 is 3.34. The molecule has 0 aromatic heterocycles. The Morgan fingerprint density at radius 3 is 2.29 bits per heavy atom. The smallest absolute Gasteiger partial charge is 0.411 e. The first-order valence-electron chi connectivity index (χ1n) is 8.15. The molecule has 0 saturated carbocycles. The van der Waals surface area contributed by atoms with Crippen molar-refractivity contribution in [1.29, 1.82) is 0 Å². The van der Waals surface area contributed by atoms with Crippen LogP contribution in [-0.2, 0) is 17.9 Å². The van der Waals surface area contributed by atoms with Gasteiger partial charge in [0.25, 0.3) is 5.91 Å². The van der Waals surface area contributed by atoms with Gasteiger partial charge in [-0.15, -0.1) is 0 Å². The number of methoxy groups -OCH3 is 2. The predicted octanol–water partition coefficient (Wildman–Crippen LogP) is 4.48. The van der Waals surface area contributed by atoms with Gasteiger partial charge in [0, 0.05) is 6.54 Å². The second kappa shape index (κ2) is 9.79. The standard InChI is InChI=1S/C19H19BrF3NO4/c1-26-14-7-15(17(27-2)16(20)8-14)18(25)24-9-12-3-5-13(6-4-12)10-28-11-19(21,22)23/h3-8H,9-11H2,1-2H3,(H,24,25). The summed E-state index contributed by atoms with van der Waals surface area (Å²) in [5.74, 6) is 0.533. The van der Waals surface area contributed by atoms with E-state index in [2.05, 4.69) is 26.0 Å². The molecule has 0 aliphatic carbocycles. The van der Waals surface area contributed by atoms with Crippen LogP contribution in [0.3, 0.4) is 0 Å². The van der Waals surface area contributed by atoms with Crippen LogP contribution in [0.15, 0.2) is 40.9 Å². The number of carbonyl (C=O) groups excluding carboxylic acids is 1. The fourth-order valence-corrected chi connectivity index (χ4v) is 2.98. The van der Waals surface area contributed by atoms with E-state index in [1.165, 1.54) is 14.2 Å². The zero-order valence-corrected chi connectivity index (χ0v) is 16.8. The fraction of sp³-hybridized carbons (Fsp3) is 0.316. The molecule has 2 rings (SSSR count). The molecule has 2 aromatic rings. The van der Waals surface area contributed by atoms with Crippen molar-refractivity contribution in [2.75, 3.05) is 20.8 Å². The van der Waals surface area contributed by atoms with E-state index in [1.807, 2.05) is 0 Å². The van der Waals surface area contributed by atoms with Gasteiger partial charge in [0.1, 0.15) is 18.1 Å². The van der Waals surface area contributed by atoms with Crippen molar-refractivity contribution in [1.82, 2.24) is 5.32 Å². The monoisotopic (exact) mass is 461 g/mol. The van der Waals surface area contributed by atoms with Crippen molar-refractivity contribution < 1.29 is 32.2 Å². The Morgan fingerprint density at radius 1 is 1.07 bits per heavy atom. The Balaban J connectivity index is 1.97. The number of carbonyl (C=O) groups is 1. The first-order valence-corrected chi connectivity index (χ1v) is 8.95. The molecule has 0 aliphatic heterocycles. The maximum Gasteiger partial charge on any atom is 0.411 e. The maximum atomic E-state index is 12.5. The van der Waals surface area contributed by atoms with Gasteiger partial charge in [-0.25, -0.2) is 0 Å². The molecule has 0 unspecified atom stereocenters. The Morgan fingerprint density at radius 2 is 1.71 bits per heavy atom. The van der Waals surface area contributed by atoms with E-state index in [0.717, 1.165) is 5.56 Å². The van der Waals surface area contributed by atoms with Crippen molar-refractivity contribution in [2.45, 2.75) is 19.3 Å². The highest BCUT2D eigenvalue weighted by Gasteiger charge is 2.27. The molecule has 0 spiro atoms. The van der Waals surface area contributed by atoms with Crippen LogP contribution in [0.4, 0.5) is 13.2 Å². The number of rotatable bonds is 8. The van der Waals surface area contributed by atoms with Crippen molar-refractivity contribution in [3.63, 3.8) is 0 Å². The van der Waals surface area contributed by atoms with Gasteiger partial charge >= 0.3 is 6.18 Å². The number of hydrogen-bond acceptors (Lipinski definition) is 4. The van der Waals surface area contributed by atoms with Crippen LogP contribution in [-0.4, -0.2) is 32.9 Å². The Bertz CT molecular complexity index is 810. The molecule has 0 atom stereocenters. The highest BCUT2D eigenvalue weighted by molar-refractivity contribution is 9.10. The van der Waals surface area contributed by atoms with E-state index >= 15 is 0 Å². The van der Waals surface area contributed by atoms with Crippen LogP contribution >= 0.6 is 15.9 Å². The van der Waals surface area contributed by atoms with Crippen LogP contribution in [0.25, 0.3) is 0 Å². The minimum absolute atomic E-state index is 0.138. The Labute approximate surface area is 168 Å². The summed E-state index contributed by atoms with van der Waals surface area (Å²) in [6, 6.07) is 9.99. The SMILES string of the molecule is COc1cc(Br)c(OC)c(C(=O)NCc2ccc(COCC(F)(F)F)cc2)c1. The molecule has 2 aromatic carbocycles. The minimum Gasteiger partial charge on any atom is -0.497 e. The molecule has 152 valence electrons. The number of amides is 1. The maximum absolute atomic E-state index is 12.5. The van der Waals surface area contributed by atoms with Crippen molar-refractivity contribution >= 4 is 21.8 Å². The van der Waals surface area contributed by atoms with Crippen LogP contribution < -0.4 is 14.8 Å². The molecule has 0 radical (unpaired) electrons. The van der Waals surface area contributed by atoms with Crippen LogP contribution in [0.1, 0.15) is 21.5 Å². The number of benzene rings is 2. The Hall–Kier alpha value is -2.26. The second-order valence-electron chi connectivity index (χ2n) is 5.80. The molecule has 5 nitrogen and oxygen atoms in total. The largest absolute Gasteiger partial charge is 0.497 e. The van der Waals surface area contributed by atoms with Crippen LogP contribution in [0.5, 0.6) is 11.5 Å². The highest BCUT2D eigenvalue weighted by Crippen LogP contribution is 2.33. The molecule has 1 amide bonds. The number of hydrogen-bond donors (Lipinski definition) is 1. The van der Waals surface area contributed by atoms with E-state index in [4.69, 9.17) is 9.47 Å².